The van der Waals surface area contributed by atoms with Crippen molar-refractivity contribution >= 4 is 23.6 Å². The molecule has 9 nitrogen and oxygen atoms in total. The number of carbonyl (C=O) groups excluding carboxylic acids is 2. The molecule has 1 aliphatic rings. The zero-order chi connectivity index (χ0) is 24.1. The van der Waals surface area contributed by atoms with Crippen molar-refractivity contribution < 1.29 is 36.7 Å². The number of aromatic nitrogens is 2. The highest BCUT2D eigenvalue weighted by Crippen LogP contribution is 2.32. The summed E-state index contributed by atoms with van der Waals surface area (Å²) >= 11 is 1.01. The highest BCUT2D eigenvalue weighted by atomic mass is 32.2. The van der Waals surface area contributed by atoms with Gasteiger partial charge in [0.25, 0.3) is 11.1 Å². The van der Waals surface area contributed by atoms with Gasteiger partial charge in [-0.05, 0) is 35.9 Å². The van der Waals surface area contributed by atoms with Gasteiger partial charge < -0.3 is 24.5 Å². The van der Waals surface area contributed by atoms with Crippen LogP contribution in [-0.4, -0.2) is 34.6 Å². The van der Waals surface area contributed by atoms with E-state index in [-0.39, 0.29) is 41.7 Å². The van der Waals surface area contributed by atoms with E-state index in [0.29, 0.717) is 18.0 Å². The largest absolute Gasteiger partial charge is 0.454 e. The monoisotopic (exact) mass is 494 g/mol. The van der Waals surface area contributed by atoms with Gasteiger partial charge in [0.15, 0.2) is 11.5 Å². The van der Waals surface area contributed by atoms with Crippen LogP contribution < -0.4 is 20.1 Å². The second-order valence-corrected chi connectivity index (χ2v) is 7.90. The Hall–Kier alpha value is -3.74. The molecule has 0 fully saturated rings. The molecule has 3 aromatic rings. The van der Waals surface area contributed by atoms with E-state index in [4.69, 9.17) is 13.9 Å². The smallest absolute Gasteiger partial charge is 0.416 e. The number of rotatable bonds is 8. The van der Waals surface area contributed by atoms with Crippen LogP contribution in [0.3, 0.4) is 0 Å². The summed E-state index contributed by atoms with van der Waals surface area (Å²) < 4.78 is 54.3. The molecule has 0 saturated carbocycles. The maximum Gasteiger partial charge on any atom is 0.416 e. The average molecular weight is 494 g/mol. The third kappa shape index (κ3) is 5.98. The van der Waals surface area contributed by atoms with Crippen molar-refractivity contribution in [3.05, 3.63) is 65.0 Å². The van der Waals surface area contributed by atoms with E-state index in [2.05, 4.69) is 20.8 Å². The van der Waals surface area contributed by atoms with E-state index in [1.54, 1.807) is 12.1 Å². The van der Waals surface area contributed by atoms with E-state index >= 15 is 0 Å². The van der Waals surface area contributed by atoms with Gasteiger partial charge in [-0.1, -0.05) is 23.9 Å². The third-order valence-electron chi connectivity index (χ3n) is 4.55. The fraction of sp³-hybridized carbons (Fsp3) is 0.238. The minimum atomic E-state index is -4.55. The fourth-order valence-electron chi connectivity index (χ4n) is 2.89. The number of nitrogens with zero attached hydrogens (tertiary/aromatic N) is 2. The van der Waals surface area contributed by atoms with Gasteiger partial charge in [-0.2, -0.15) is 13.2 Å². The van der Waals surface area contributed by atoms with Crippen LogP contribution in [0.2, 0.25) is 0 Å². The molecule has 2 N–H and O–H groups in total. The van der Waals surface area contributed by atoms with E-state index in [9.17, 15) is 22.8 Å². The normalized spacial score (nSPS) is 12.4. The predicted octanol–water partition coefficient (Wildman–Crippen LogP) is 3.16. The quantitative estimate of drug-likeness (QED) is 0.459. The molecule has 2 heterocycles. The predicted molar refractivity (Wildman–Crippen MR) is 112 cm³/mol. The van der Waals surface area contributed by atoms with Crippen LogP contribution in [0.15, 0.2) is 52.1 Å². The molecule has 0 aliphatic carbocycles. The number of hydrogen-bond donors (Lipinski definition) is 2. The van der Waals surface area contributed by atoms with Crippen molar-refractivity contribution in [2.24, 2.45) is 0 Å². The van der Waals surface area contributed by atoms with E-state index in [0.717, 1.165) is 35.5 Å². The first-order valence-electron chi connectivity index (χ1n) is 9.84. The summed E-state index contributed by atoms with van der Waals surface area (Å²) in [6, 6.07) is 9.42. The zero-order valence-corrected chi connectivity index (χ0v) is 18.2. The van der Waals surface area contributed by atoms with Crippen LogP contribution in [0, 0.1) is 0 Å². The van der Waals surface area contributed by atoms with Gasteiger partial charge in [-0.3, -0.25) is 9.59 Å². The summed E-state index contributed by atoms with van der Waals surface area (Å²) in [4.78, 5) is 24.2. The van der Waals surface area contributed by atoms with Crippen LogP contribution >= 0.6 is 11.8 Å². The standard InChI is InChI=1S/C21H17F3N4O5S/c22-21(23,24)14-3-1-2-13(7-14)19(30)26-9-18-27-28-20(33-18)34-10-17(29)25-8-12-4-5-15-16(6-12)32-11-31-15/h1-7H,8-11H2,(H,25,29)(H,26,30). The molecule has 178 valence electrons. The average Bonchev–Trinajstić information content (AvgIpc) is 3.48. The number of carbonyl (C=O) groups is 2. The van der Waals surface area contributed by atoms with Gasteiger partial charge in [-0.15, -0.1) is 10.2 Å². The minimum absolute atomic E-state index is 0.0166. The first-order valence-corrected chi connectivity index (χ1v) is 10.8. The van der Waals surface area contributed by atoms with Crippen LogP contribution in [0.4, 0.5) is 13.2 Å². The lowest BCUT2D eigenvalue weighted by Gasteiger charge is -2.08. The Morgan fingerprint density at radius 3 is 2.65 bits per heavy atom. The van der Waals surface area contributed by atoms with Crippen LogP contribution in [0.25, 0.3) is 0 Å². The van der Waals surface area contributed by atoms with Gasteiger partial charge in [0.1, 0.15) is 0 Å². The second-order valence-electron chi connectivity index (χ2n) is 6.98. The van der Waals surface area contributed by atoms with Crippen molar-refractivity contribution in [3.8, 4) is 11.5 Å². The number of hydrogen-bond acceptors (Lipinski definition) is 8. The van der Waals surface area contributed by atoms with Gasteiger partial charge in [-0.25, -0.2) is 0 Å². The number of halogens is 3. The van der Waals surface area contributed by atoms with Gasteiger partial charge in [0, 0.05) is 12.1 Å². The van der Waals surface area contributed by atoms with Crippen LogP contribution in [0.1, 0.15) is 27.4 Å². The number of amides is 2. The number of alkyl halides is 3. The Morgan fingerprint density at radius 2 is 1.82 bits per heavy atom. The van der Waals surface area contributed by atoms with Gasteiger partial charge in [0.2, 0.25) is 18.6 Å². The lowest BCUT2D eigenvalue weighted by molar-refractivity contribution is -0.137. The highest BCUT2D eigenvalue weighted by Gasteiger charge is 2.30. The molecule has 1 aromatic heterocycles. The maximum atomic E-state index is 12.8. The summed E-state index contributed by atoms with van der Waals surface area (Å²) in [5.41, 5.74) is -0.226. The van der Waals surface area contributed by atoms with Crippen LogP contribution in [0.5, 0.6) is 11.5 Å². The Labute approximate surface area is 195 Å². The number of fused-ring (bicyclic) bond motifs is 1. The van der Waals surface area contributed by atoms with Crippen molar-refractivity contribution in [3.63, 3.8) is 0 Å². The molecule has 0 atom stereocenters. The molecular formula is C21H17F3N4O5S. The highest BCUT2D eigenvalue weighted by molar-refractivity contribution is 7.99. The topological polar surface area (TPSA) is 116 Å². The molecular weight excluding hydrogens is 477 g/mol. The Kier molecular flexibility index (Phi) is 6.91. The minimum Gasteiger partial charge on any atom is -0.454 e. The molecule has 13 heteroatoms. The molecule has 0 bridgehead atoms. The molecule has 2 amide bonds. The summed E-state index contributed by atoms with van der Waals surface area (Å²) in [5.74, 6) is 0.358. The fourth-order valence-corrected chi connectivity index (χ4v) is 3.50. The molecule has 1 aliphatic heterocycles. The van der Waals surface area contributed by atoms with Crippen molar-refractivity contribution in [1.29, 1.82) is 0 Å². The number of ether oxygens (including phenoxy) is 2. The lowest BCUT2D eigenvalue weighted by Crippen LogP contribution is -2.24. The molecule has 2 aromatic carbocycles. The summed E-state index contributed by atoms with van der Waals surface area (Å²) in [6.07, 6.45) is -4.55. The molecule has 34 heavy (non-hydrogen) atoms. The second kappa shape index (κ2) is 10.0. The molecule has 4 rings (SSSR count). The lowest BCUT2D eigenvalue weighted by atomic mass is 10.1. The zero-order valence-electron chi connectivity index (χ0n) is 17.3. The first kappa shape index (κ1) is 23.4. The SMILES string of the molecule is O=C(CSc1nnc(CNC(=O)c2cccc(C(F)(F)F)c2)o1)NCc1ccc2c(c1)OCO2. The summed E-state index contributed by atoms with van der Waals surface area (Å²) in [6.45, 7) is 0.286. The Morgan fingerprint density at radius 1 is 1.00 bits per heavy atom. The van der Waals surface area contributed by atoms with Crippen LogP contribution in [-0.2, 0) is 24.1 Å². The number of nitrogens with one attached hydrogen (secondary N) is 2. The maximum absolute atomic E-state index is 12.8. The summed E-state index contributed by atoms with van der Waals surface area (Å²) in [5, 5.41) is 12.8. The van der Waals surface area contributed by atoms with E-state index in [1.807, 2.05) is 6.07 Å². The molecule has 0 spiro atoms. The van der Waals surface area contributed by atoms with Crippen molar-refractivity contribution in [2.45, 2.75) is 24.5 Å². The van der Waals surface area contributed by atoms with Gasteiger partial charge >= 0.3 is 6.18 Å². The number of benzene rings is 2. The van der Waals surface area contributed by atoms with Crippen molar-refractivity contribution in [1.82, 2.24) is 20.8 Å². The summed E-state index contributed by atoms with van der Waals surface area (Å²) in [7, 11) is 0. The number of thioether (sulfide) groups is 1. The van der Waals surface area contributed by atoms with E-state index < -0.39 is 17.6 Å². The molecule has 0 radical (unpaired) electrons. The Balaban J connectivity index is 1.21. The Bertz CT molecular complexity index is 1200. The van der Waals surface area contributed by atoms with E-state index in [1.165, 1.54) is 6.07 Å². The molecule has 0 saturated heterocycles. The van der Waals surface area contributed by atoms with Gasteiger partial charge in [0.05, 0.1) is 17.9 Å². The third-order valence-corrected chi connectivity index (χ3v) is 5.37. The van der Waals surface area contributed by atoms with Crippen molar-refractivity contribution in [2.75, 3.05) is 12.5 Å². The molecule has 0 unspecified atom stereocenters. The first-order chi connectivity index (χ1) is 16.3.